The van der Waals surface area contributed by atoms with E-state index in [2.05, 4.69) is 28.8 Å². The first-order chi connectivity index (χ1) is 13.8. The molecule has 136 valence electrons. The SMILES string of the molecule is O=C(/C=C/c1cccc2ccccc12)Nc1ccc(Nc2ccccc2)cc1. The maximum atomic E-state index is 12.3. The largest absolute Gasteiger partial charge is 0.356 e. The Morgan fingerprint density at radius 2 is 1.29 bits per heavy atom. The quantitative estimate of drug-likeness (QED) is 0.412. The highest BCUT2D eigenvalue weighted by Gasteiger charge is 2.01. The number of nitrogens with one attached hydrogen (secondary N) is 2. The number of fused-ring (bicyclic) bond motifs is 1. The van der Waals surface area contributed by atoms with Crippen LogP contribution in [0, 0.1) is 0 Å². The molecule has 0 saturated carbocycles. The standard InChI is InChI=1S/C25H20N2O/c28-25(18-13-20-9-6-8-19-7-4-5-12-24(19)20)27-23-16-14-22(15-17-23)26-21-10-2-1-3-11-21/h1-18,26H,(H,27,28)/b18-13+. The van der Waals surface area contributed by atoms with Gasteiger partial charge in [0.2, 0.25) is 5.91 Å². The number of benzene rings is 4. The number of hydrogen-bond acceptors (Lipinski definition) is 2. The molecule has 0 fully saturated rings. The third-order valence-electron chi connectivity index (χ3n) is 4.45. The minimum Gasteiger partial charge on any atom is -0.356 e. The van der Waals surface area contributed by atoms with Crippen LogP contribution in [0.5, 0.6) is 0 Å². The van der Waals surface area contributed by atoms with Crippen molar-refractivity contribution in [2.75, 3.05) is 10.6 Å². The Morgan fingerprint density at radius 1 is 0.643 bits per heavy atom. The molecular formula is C25H20N2O. The molecule has 0 saturated heterocycles. The lowest BCUT2D eigenvalue weighted by Gasteiger charge is -2.08. The molecule has 0 aliphatic heterocycles. The van der Waals surface area contributed by atoms with Crippen LogP contribution in [-0.4, -0.2) is 5.91 Å². The van der Waals surface area contributed by atoms with Crippen LogP contribution < -0.4 is 10.6 Å². The smallest absolute Gasteiger partial charge is 0.248 e. The molecule has 1 amide bonds. The van der Waals surface area contributed by atoms with Crippen molar-refractivity contribution in [3.63, 3.8) is 0 Å². The summed E-state index contributed by atoms with van der Waals surface area (Å²) in [5.41, 5.74) is 3.77. The molecule has 4 rings (SSSR count). The second kappa shape index (κ2) is 8.23. The highest BCUT2D eigenvalue weighted by atomic mass is 16.1. The molecule has 0 spiro atoms. The summed E-state index contributed by atoms with van der Waals surface area (Å²) in [5, 5.41) is 8.51. The van der Waals surface area contributed by atoms with E-state index in [9.17, 15) is 4.79 Å². The van der Waals surface area contributed by atoms with E-state index in [1.165, 1.54) is 0 Å². The summed E-state index contributed by atoms with van der Waals surface area (Å²) in [6.07, 6.45) is 3.42. The van der Waals surface area contributed by atoms with Gasteiger partial charge >= 0.3 is 0 Å². The molecule has 4 aromatic carbocycles. The van der Waals surface area contributed by atoms with Crippen LogP contribution in [0.1, 0.15) is 5.56 Å². The predicted octanol–water partition coefficient (Wildman–Crippen LogP) is 6.24. The van der Waals surface area contributed by atoms with Crippen LogP contribution in [0.25, 0.3) is 16.8 Å². The first kappa shape index (κ1) is 17.6. The van der Waals surface area contributed by atoms with Gasteiger partial charge in [0.1, 0.15) is 0 Å². The van der Waals surface area contributed by atoms with E-state index in [1.54, 1.807) is 6.08 Å². The number of carbonyl (C=O) groups excluding carboxylic acids is 1. The lowest BCUT2D eigenvalue weighted by atomic mass is 10.0. The number of para-hydroxylation sites is 1. The average Bonchev–Trinajstić information content (AvgIpc) is 2.74. The van der Waals surface area contributed by atoms with Gasteiger partial charge in [-0.3, -0.25) is 4.79 Å². The molecule has 0 radical (unpaired) electrons. The zero-order valence-electron chi connectivity index (χ0n) is 15.3. The monoisotopic (exact) mass is 364 g/mol. The summed E-state index contributed by atoms with van der Waals surface area (Å²) in [5.74, 6) is -0.156. The van der Waals surface area contributed by atoms with Gasteiger partial charge in [0, 0.05) is 23.1 Å². The van der Waals surface area contributed by atoms with Crippen molar-refractivity contribution in [1.29, 1.82) is 0 Å². The first-order valence-electron chi connectivity index (χ1n) is 9.17. The van der Waals surface area contributed by atoms with Gasteiger partial charge in [-0.2, -0.15) is 0 Å². The fourth-order valence-electron chi connectivity index (χ4n) is 3.07. The Kier molecular flexibility index (Phi) is 5.16. The lowest BCUT2D eigenvalue weighted by Crippen LogP contribution is -2.07. The summed E-state index contributed by atoms with van der Waals surface area (Å²) >= 11 is 0. The van der Waals surface area contributed by atoms with Crippen LogP contribution in [0.4, 0.5) is 17.1 Å². The van der Waals surface area contributed by atoms with E-state index in [-0.39, 0.29) is 5.91 Å². The van der Waals surface area contributed by atoms with Gasteiger partial charge in [-0.25, -0.2) is 0 Å². The van der Waals surface area contributed by atoms with E-state index in [4.69, 9.17) is 0 Å². The predicted molar refractivity (Wildman–Crippen MR) is 118 cm³/mol. The highest BCUT2D eigenvalue weighted by Crippen LogP contribution is 2.20. The van der Waals surface area contributed by atoms with Crippen LogP contribution in [0.3, 0.4) is 0 Å². The molecule has 3 heteroatoms. The number of anilines is 3. The minimum absolute atomic E-state index is 0.156. The maximum absolute atomic E-state index is 12.3. The Labute approximate surface area is 164 Å². The molecule has 0 aromatic heterocycles. The summed E-state index contributed by atoms with van der Waals surface area (Å²) in [6, 6.07) is 31.8. The zero-order valence-corrected chi connectivity index (χ0v) is 15.3. The van der Waals surface area contributed by atoms with E-state index < -0.39 is 0 Å². The van der Waals surface area contributed by atoms with Crippen molar-refractivity contribution in [2.45, 2.75) is 0 Å². The van der Waals surface area contributed by atoms with Gasteiger partial charge in [-0.05, 0) is 58.8 Å². The second-order valence-corrected chi connectivity index (χ2v) is 6.46. The Balaban J connectivity index is 1.41. The highest BCUT2D eigenvalue weighted by molar-refractivity contribution is 6.03. The molecule has 3 nitrogen and oxygen atoms in total. The molecule has 0 aliphatic rings. The Bertz CT molecular complexity index is 1110. The van der Waals surface area contributed by atoms with Crippen LogP contribution in [0.2, 0.25) is 0 Å². The third kappa shape index (κ3) is 4.27. The van der Waals surface area contributed by atoms with Crippen LogP contribution in [0.15, 0.2) is 103 Å². The summed E-state index contributed by atoms with van der Waals surface area (Å²) in [4.78, 5) is 12.3. The minimum atomic E-state index is -0.156. The van der Waals surface area contributed by atoms with Crippen molar-refractivity contribution >= 4 is 39.8 Å². The molecule has 0 unspecified atom stereocenters. The van der Waals surface area contributed by atoms with Crippen molar-refractivity contribution in [1.82, 2.24) is 0 Å². The van der Waals surface area contributed by atoms with Crippen molar-refractivity contribution in [2.24, 2.45) is 0 Å². The number of carbonyl (C=O) groups is 1. The van der Waals surface area contributed by atoms with E-state index in [0.29, 0.717) is 0 Å². The Hall–Kier alpha value is -3.85. The van der Waals surface area contributed by atoms with Crippen LogP contribution in [-0.2, 0) is 4.79 Å². The van der Waals surface area contributed by atoms with Gasteiger partial charge in [0.15, 0.2) is 0 Å². The van der Waals surface area contributed by atoms with Gasteiger partial charge < -0.3 is 10.6 Å². The normalized spacial score (nSPS) is 10.9. The van der Waals surface area contributed by atoms with Gasteiger partial charge in [0.05, 0.1) is 0 Å². The molecule has 0 heterocycles. The Morgan fingerprint density at radius 3 is 2.11 bits per heavy atom. The van der Waals surface area contributed by atoms with Crippen molar-refractivity contribution in [3.05, 3.63) is 109 Å². The average molecular weight is 364 g/mol. The van der Waals surface area contributed by atoms with E-state index >= 15 is 0 Å². The van der Waals surface area contributed by atoms with Gasteiger partial charge in [-0.1, -0.05) is 60.7 Å². The van der Waals surface area contributed by atoms with Crippen molar-refractivity contribution in [3.8, 4) is 0 Å². The van der Waals surface area contributed by atoms with Crippen LogP contribution >= 0.6 is 0 Å². The molecular weight excluding hydrogens is 344 g/mol. The summed E-state index contributed by atoms with van der Waals surface area (Å²) in [6.45, 7) is 0. The number of rotatable bonds is 5. The molecule has 28 heavy (non-hydrogen) atoms. The summed E-state index contributed by atoms with van der Waals surface area (Å²) in [7, 11) is 0. The molecule has 0 aliphatic carbocycles. The first-order valence-corrected chi connectivity index (χ1v) is 9.17. The van der Waals surface area contributed by atoms with E-state index in [0.717, 1.165) is 33.4 Å². The number of hydrogen-bond donors (Lipinski definition) is 2. The summed E-state index contributed by atoms with van der Waals surface area (Å²) < 4.78 is 0. The van der Waals surface area contributed by atoms with Crippen molar-refractivity contribution < 1.29 is 4.79 Å². The molecule has 4 aromatic rings. The lowest BCUT2D eigenvalue weighted by molar-refractivity contribution is -0.111. The fourth-order valence-corrected chi connectivity index (χ4v) is 3.07. The number of amides is 1. The second-order valence-electron chi connectivity index (χ2n) is 6.46. The third-order valence-corrected chi connectivity index (χ3v) is 4.45. The van der Waals surface area contributed by atoms with Gasteiger partial charge in [0.25, 0.3) is 0 Å². The molecule has 2 N–H and O–H groups in total. The molecule has 0 atom stereocenters. The van der Waals surface area contributed by atoms with Gasteiger partial charge in [-0.15, -0.1) is 0 Å². The molecule has 0 bridgehead atoms. The fraction of sp³-hybridized carbons (Fsp3) is 0. The maximum Gasteiger partial charge on any atom is 0.248 e. The van der Waals surface area contributed by atoms with E-state index in [1.807, 2.05) is 84.9 Å². The topological polar surface area (TPSA) is 41.1 Å². The zero-order chi connectivity index (χ0) is 19.2.